The number of carbonyl (C=O) groups excluding carboxylic acids is 2. The number of hydrogen-bond acceptors (Lipinski definition) is 5. The topological polar surface area (TPSA) is 66.4 Å². The lowest BCUT2D eigenvalue weighted by atomic mass is 9.80. The van der Waals surface area contributed by atoms with E-state index < -0.39 is 0 Å². The van der Waals surface area contributed by atoms with Crippen molar-refractivity contribution in [3.63, 3.8) is 0 Å². The monoisotopic (exact) mass is 390 g/mol. The minimum atomic E-state index is 0.0217. The van der Waals surface area contributed by atoms with Crippen LogP contribution in [-0.4, -0.2) is 56.5 Å². The standard InChI is InChI=1S/C20H30N4O2S/c1-20(7-8-20)13-18(25)23-9-2-3-15(4-10-23)16-5-11-24(12-6-16)19(26)17-14-21-27-22-17/h14-16H,2-13H2,1H3. The molecule has 0 radical (unpaired) electrons. The highest BCUT2D eigenvalue weighted by Gasteiger charge is 2.40. The van der Waals surface area contributed by atoms with Crippen LogP contribution in [0.15, 0.2) is 6.20 Å². The fourth-order valence-electron chi connectivity index (χ4n) is 4.70. The van der Waals surface area contributed by atoms with Crippen molar-refractivity contribution in [1.82, 2.24) is 18.5 Å². The summed E-state index contributed by atoms with van der Waals surface area (Å²) in [6, 6.07) is 0. The molecule has 1 aromatic rings. The molecule has 1 atom stereocenters. The highest BCUT2D eigenvalue weighted by atomic mass is 32.1. The lowest BCUT2D eigenvalue weighted by molar-refractivity contribution is -0.132. The molecule has 1 aliphatic carbocycles. The number of hydrogen-bond donors (Lipinski definition) is 0. The zero-order valence-electron chi connectivity index (χ0n) is 16.2. The van der Waals surface area contributed by atoms with Crippen molar-refractivity contribution in [3.05, 3.63) is 11.9 Å². The Kier molecular flexibility index (Phi) is 5.48. The molecule has 0 N–H and O–H groups in total. The second-order valence-electron chi connectivity index (χ2n) is 8.98. The van der Waals surface area contributed by atoms with E-state index in [1.54, 1.807) is 6.20 Å². The largest absolute Gasteiger partial charge is 0.343 e. The van der Waals surface area contributed by atoms with Crippen LogP contribution in [0.3, 0.4) is 0 Å². The predicted octanol–water partition coefficient (Wildman–Crippen LogP) is 3.21. The van der Waals surface area contributed by atoms with Crippen LogP contribution in [0.2, 0.25) is 0 Å². The van der Waals surface area contributed by atoms with Crippen molar-refractivity contribution in [3.8, 4) is 0 Å². The van der Waals surface area contributed by atoms with E-state index in [1.807, 2.05) is 4.90 Å². The van der Waals surface area contributed by atoms with Crippen LogP contribution in [0.4, 0.5) is 0 Å². The van der Waals surface area contributed by atoms with Gasteiger partial charge in [-0.1, -0.05) is 6.92 Å². The summed E-state index contributed by atoms with van der Waals surface area (Å²) in [6.45, 7) is 5.72. The Morgan fingerprint density at radius 2 is 1.74 bits per heavy atom. The molecule has 1 aromatic heterocycles. The third-order valence-electron chi connectivity index (χ3n) is 6.88. The summed E-state index contributed by atoms with van der Waals surface area (Å²) in [5.74, 6) is 1.76. The second-order valence-corrected chi connectivity index (χ2v) is 9.54. The zero-order chi connectivity index (χ0) is 18.9. The first kappa shape index (κ1) is 18.8. The SMILES string of the molecule is CC1(CC(=O)N2CCCC(C3CCN(C(=O)c4cnsn4)CC3)CC2)CC1. The molecule has 148 valence electrons. The maximum atomic E-state index is 12.6. The van der Waals surface area contributed by atoms with Crippen molar-refractivity contribution >= 4 is 23.5 Å². The molecule has 0 spiro atoms. The smallest absolute Gasteiger partial charge is 0.275 e. The van der Waals surface area contributed by atoms with Gasteiger partial charge in [0.15, 0.2) is 5.69 Å². The molecule has 7 heteroatoms. The van der Waals surface area contributed by atoms with Gasteiger partial charge in [-0.2, -0.15) is 8.75 Å². The average Bonchev–Trinajstić information content (AvgIpc) is 3.24. The lowest BCUT2D eigenvalue weighted by Crippen LogP contribution is -2.40. The number of carbonyl (C=O) groups is 2. The Balaban J connectivity index is 1.25. The predicted molar refractivity (Wildman–Crippen MR) is 104 cm³/mol. The first-order valence-corrected chi connectivity index (χ1v) is 11.1. The molecular weight excluding hydrogens is 360 g/mol. The Morgan fingerprint density at radius 3 is 2.37 bits per heavy atom. The molecule has 2 amide bonds. The summed E-state index contributed by atoms with van der Waals surface area (Å²) < 4.78 is 8.00. The minimum absolute atomic E-state index is 0.0217. The van der Waals surface area contributed by atoms with Gasteiger partial charge >= 0.3 is 0 Å². The fourth-order valence-corrected chi connectivity index (χ4v) is 5.11. The highest BCUT2D eigenvalue weighted by molar-refractivity contribution is 6.99. The first-order valence-electron chi connectivity index (χ1n) is 10.4. The number of nitrogens with zero attached hydrogens (tertiary/aromatic N) is 4. The van der Waals surface area contributed by atoms with Gasteiger partial charge < -0.3 is 9.80 Å². The van der Waals surface area contributed by atoms with E-state index in [-0.39, 0.29) is 5.91 Å². The van der Waals surface area contributed by atoms with Crippen molar-refractivity contribution in [2.45, 2.75) is 58.3 Å². The minimum Gasteiger partial charge on any atom is -0.343 e. The van der Waals surface area contributed by atoms with Crippen molar-refractivity contribution in [2.75, 3.05) is 26.2 Å². The van der Waals surface area contributed by atoms with Gasteiger partial charge in [0.2, 0.25) is 5.91 Å². The zero-order valence-corrected chi connectivity index (χ0v) is 17.0. The van der Waals surface area contributed by atoms with Crippen LogP contribution in [0.25, 0.3) is 0 Å². The molecule has 6 nitrogen and oxygen atoms in total. The van der Waals surface area contributed by atoms with E-state index in [0.717, 1.165) is 70.0 Å². The van der Waals surface area contributed by atoms with Crippen LogP contribution in [0.5, 0.6) is 0 Å². The van der Waals surface area contributed by atoms with Gasteiger partial charge in [0.25, 0.3) is 5.91 Å². The molecule has 3 aliphatic rings. The second kappa shape index (κ2) is 7.86. The lowest BCUT2D eigenvalue weighted by Gasteiger charge is -2.35. The summed E-state index contributed by atoms with van der Waals surface area (Å²) in [7, 11) is 0. The quantitative estimate of drug-likeness (QED) is 0.792. The highest BCUT2D eigenvalue weighted by Crippen LogP contribution is 2.48. The van der Waals surface area contributed by atoms with Gasteiger partial charge in [-0.05, 0) is 62.2 Å². The van der Waals surface area contributed by atoms with Gasteiger partial charge in [-0.25, -0.2) is 0 Å². The van der Waals surface area contributed by atoms with Gasteiger partial charge in [-0.15, -0.1) is 0 Å². The van der Waals surface area contributed by atoms with Gasteiger partial charge in [-0.3, -0.25) is 9.59 Å². The summed E-state index contributed by atoms with van der Waals surface area (Å²) in [5, 5.41) is 0. The molecule has 3 fully saturated rings. The average molecular weight is 391 g/mol. The summed E-state index contributed by atoms with van der Waals surface area (Å²) in [5.41, 5.74) is 0.779. The number of amides is 2. The number of piperidine rings is 1. The molecule has 2 saturated heterocycles. The van der Waals surface area contributed by atoms with Crippen molar-refractivity contribution in [2.24, 2.45) is 17.3 Å². The normalized spacial score (nSPS) is 25.9. The molecule has 27 heavy (non-hydrogen) atoms. The Hall–Kier alpha value is -1.50. The molecule has 1 unspecified atom stereocenters. The number of rotatable bonds is 4. The molecular formula is C20H30N4O2S. The molecule has 0 aromatic carbocycles. The maximum absolute atomic E-state index is 12.6. The molecule has 1 saturated carbocycles. The van der Waals surface area contributed by atoms with Gasteiger partial charge in [0.05, 0.1) is 17.9 Å². The molecule has 3 heterocycles. The van der Waals surface area contributed by atoms with E-state index >= 15 is 0 Å². The summed E-state index contributed by atoms with van der Waals surface area (Å²) in [6.07, 6.45) is 10.3. The van der Waals surface area contributed by atoms with Crippen LogP contribution >= 0.6 is 11.7 Å². The van der Waals surface area contributed by atoms with E-state index in [4.69, 9.17) is 0 Å². The first-order chi connectivity index (χ1) is 13.0. The molecule has 0 bridgehead atoms. The van der Waals surface area contributed by atoms with E-state index in [9.17, 15) is 9.59 Å². The third kappa shape index (κ3) is 4.50. The van der Waals surface area contributed by atoms with E-state index in [2.05, 4.69) is 20.6 Å². The van der Waals surface area contributed by atoms with E-state index in [0.29, 0.717) is 28.9 Å². The van der Waals surface area contributed by atoms with Gasteiger partial charge in [0, 0.05) is 32.6 Å². The Bertz CT molecular complexity index is 666. The Morgan fingerprint density at radius 1 is 1.07 bits per heavy atom. The third-order valence-corrected chi connectivity index (χ3v) is 7.36. The van der Waals surface area contributed by atoms with Crippen LogP contribution < -0.4 is 0 Å². The summed E-state index contributed by atoms with van der Waals surface area (Å²) in [4.78, 5) is 29.1. The van der Waals surface area contributed by atoms with Crippen LogP contribution in [0, 0.1) is 17.3 Å². The number of likely N-dealkylation sites (tertiary alicyclic amines) is 2. The molecule has 4 rings (SSSR count). The van der Waals surface area contributed by atoms with Crippen molar-refractivity contribution < 1.29 is 9.59 Å². The van der Waals surface area contributed by atoms with E-state index in [1.165, 1.54) is 19.3 Å². The fraction of sp³-hybridized carbons (Fsp3) is 0.800. The Labute approximate surface area is 165 Å². The van der Waals surface area contributed by atoms with Gasteiger partial charge in [0.1, 0.15) is 0 Å². The summed E-state index contributed by atoms with van der Waals surface area (Å²) >= 11 is 1.09. The van der Waals surface area contributed by atoms with Crippen molar-refractivity contribution in [1.29, 1.82) is 0 Å². The van der Waals surface area contributed by atoms with Crippen LogP contribution in [-0.2, 0) is 4.79 Å². The number of aromatic nitrogens is 2. The van der Waals surface area contributed by atoms with Crippen LogP contribution in [0.1, 0.15) is 68.8 Å². The molecule has 2 aliphatic heterocycles. The maximum Gasteiger partial charge on any atom is 0.275 e.